The Labute approximate surface area is 110 Å². The summed E-state index contributed by atoms with van der Waals surface area (Å²) in [4.78, 5) is 9.77. The number of halogens is 3. The fraction of sp³-hybridized carbons (Fsp3) is 0.400. The zero-order valence-electron chi connectivity index (χ0n) is 10.1. The first-order chi connectivity index (χ1) is 9.09. The summed E-state index contributed by atoms with van der Waals surface area (Å²) >= 11 is 0. The highest BCUT2D eigenvalue weighted by Gasteiger charge is 2.44. The van der Waals surface area contributed by atoms with Crippen LogP contribution in [-0.2, 0) is 0 Å². The highest BCUT2D eigenvalue weighted by Crippen LogP contribution is 2.40. The van der Waals surface area contributed by atoms with E-state index in [-0.39, 0.29) is 0 Å². The van der Waals surface area contributed by atoms with Gasteiger partial charge in [-0.3, -0.25) is 10.1 Å². The smallest absolute Gasteiger partial charge is 0.416 e. The Morgan fingerprint density at radius 2 is 2.00 bits per heavy atom. The number of hydrogen-bond donors (Lipinski definition) is 3. The monoisotopic (exact) mass is 296 g/mol. The zero-order chi connectivity index (χ0) is 15.7. The van der Waals surface area contributed by atoms with Gasteiger partial charge in [-0.05, 0) is 0 Å². The number of benzene rings is 1. The second kappa shape index (κ2) is 5.51. The van der Waals surface area contributed by atoms with Crippen molar-refractivity contribution in [1.29, 1.82) is 0 Å². The summed E-state index contributed by atoms with van der Waals surface area (Å²) in [5.74, 6) is -1.21. The fourth-order valence-corrected chi connectivity index (χ4v) is 1.50. The average Bonchev–Trinajstić information content (AvgIpc) is 2.35. The second-order valence-corrected chi connectivity index (χ2v) is 3.86. The van der Waals surface area contributed by atoms with Crippen LogP contribution in [0.3, 0.4) is 0 Å². The summed E-state index contributed by atoms with van der Waals surface area (Å²) in [5, 5.41) is 29.4. The number of aliphatic hydroxyl groups is 1. The van der Waals surface area contributed by atoms with E-state index < -0.39 is 46.0 Å². The van der Waals surface area contributed by atoms with Gasteiger partial charge in [-0.25, -0.2) is 0 Å². The first-order valence-electron chi connectivity index (χ1n) is 5.15. The van der Waals surface area contributed by atoms with Crippen LogP contribution < -0.4 is 10.5 Å². The lowest BCUT2D eigenvalue weighted by molar-refractivity contribution is -0.385. The predicted octanol–water partition coefficient (Wildman–Crippen LogP) is 1.23. The summed E-state index contributed by atoms with van der Waals surface area (Å²) < 4.78 is 41.8. The van der Waals surface area contributed by atoms with Crippen LogP contribution in [0.5, 0.6) is 11.5 Å². The Hall–Kier alpha value is -2.07. The van der Waals surface area contributed by atoms with E-state index in [0.717, 1.165) is 13.2 Å². The summed E-state index contributed by atoms with van der Waals surface area (Å²) in [6.45, 7) is 0. The molecule has 0 aliphatic rings. The quantitative estimate of drug-likeness (QED) is 0.568. The van der Waals surface area contributed by atoms with Crippen LogP contribution in [0, 0.1) is 10.1 Å². The Kier molecular flexibility index (Phi) is 4.40. The Morgan fingerprint density at radius 1 is 1.45 bits per heavy atom. The lowest BCUT2D eigenvalue weighted by atomic mass is 9.99. The maximum Gasteiger partial charge on any atom is 0.416 e. The zero-order valence-corrected chi connectivity index (χ0v) is 10.1. The molecular weight excluding hydrogens is 285 g/mol. The van der Waals surface area contributed by atoms with Crippen LogP contribution >= 0.6 is 0 Å². The maximum atomic E-state index is 12.4. The number of nitro groups is 1. The molecule has 4 N–H and O–H groups in total. The molecule has 0 unspecified atom stereocenters. The topological polar surface area (TPSA) is 119 Å². The lowest BCUT2D eigenvalue weighted by Gasteiger charge is -2.22. The molecule has 10 heteroatoms. The molecule has 1 rings (SSSR count). The number of non-ortho nitro benzene ring substituents is 1. The molecule has 0 saturated carbocycles. The normalized spacial score (nSPS) is 14.7. The lowest BCUT2D eigenvalue weighted by Crippen LogP contribution is -2.38. The van der Waals surface area contributed by atoms with E-state index in [0.29, 0.717) is 6.07 Å². The molecule has 112 valence electrons. The van der Waals surface area contributed by atoms with Crippen LogP contribution in [0.4, 0.5) is 18.9 Å². The first-order valence-corrected chi connectivity index (χ1v) is 5.15. The van der Waals surface area contributed by atoms with Gasteiger partial charge in [-0.2, -0.15) is 13.2 Å². The van der Waals surface area contributed by atoms with Crippen molar-refractivity contribution in [2.45, 2.75) is 18.3 Å². The number of nitro benzene ring substituents is 1. The average molecular weight is 296 g/mol. The summed E-state index contributed by atoms with van der Waals surface area (Å²) in [5.41, 5.74) is 3.95. The molecule has 0 heterocycles. The molecule has 20 heavy (non-hydrogen) atoms. The predicted molar refractivity (Wildman–Crippen MR) is 60.3 cm³/mol. The van der Waals surface area contributed by atoms with Crippen LogP contribution in [0.1, 0.15) is 11.6 Å². The van der Waals surface area contributed by atoms with Crippen molar-refractivity contribution in [3.05, 3.63) is 27.8 Å². The second-order valence-electron chi connectivity index (χ2n) is 3.86. The van der Waals surface area contributed by atoms with Crippen LogP contribution in [0.2, 0.25) is 0 Å². The molecule has 1 aromatic rings. The number of aromatic hydroxyl groups is 1. The number of phenols is 1. The van der Waals surface area contributed by atoms with E-state index in [4.69, 9.17) is 10.8 Å². The van der Waals surface area contributed by atoms with Crippen molar-refractivity contribution >= 4 is 5.69 Å². The molecule has 0 radical (unpaired) electrons. The SMILES string of the molecule is COc1cc([N+](=O)[O-])cc([C@H](N)[C@H](O)C(F)(F)F)c1O. The first kappa shape index (κ1) is 16.0. The number of methoxy groups -OCH3 is 1. The number of rotatable bonds is 4. The molecule has 0 aliphatic heterocycles. The van der Waals surface area contributed by atoms with Crippen LogP contribution in [-0.4, -0.2) is 34.5 Å². The summed E-state index contributed by atoms with van der Waals surface area (Å²) in [6.07, 6.45) is -8.02. The van der Waals surface area contributed by atoms with E-state index in [9.17, 15) is 28.4 Å². The van der Waals surface area contributed by atoms with Gasteiger partial charge in [0, 0.05) is 11.6 Å². The van der Waals surface area contributed by atoms with Crippen LogP contribution in [0.25, 0.3) is 0 Å². The van der Waals surface area contributed by atoms with Crippen molar-refractivity contribution in [2.24, 2.45) is 5.73 Å². The van der Waals surface area contributed by atoms with Gasteiger partial charge in [0.2, 0.25) is 0 Å². The summed E-state index contributed by atoms with van der Waals surface area (Å²) in [7, 11) is 1.06. The Balaban J connectivity index is 3.36. The van der Waals surface area contributed by atoms with Gasteiger partial charge in [-0.1, -0.05) is 0 Å². The van der Waals surface area contributed by atoms with Crippen molar-refractivity contribution in [1.82, 2.24) is 0 Å². The largest absolute Gasteiger partial charge is 0.504 e. The molecule has 0 amide bonds. The minimum atomic E-state index is -5.04. The molecule has 0 spiro atoms. The summed E-state index contributed by atoms with van der Waals surface area (Å²) in [6, 6.07) is -0.619. The Morgan fingerprint density at radius 3 is 2.40 bits per heavy atom. The van der Waals surface area contributed by atoms with E-state index in [1.54, 1.807) is 0 Å². The van der Waals surface area contributed by atoms with Gasteiger partial charge >= 0.3 is 6.18 Å². The molecule has 1 aromatic carbocycles. The van der Waals surface area contributed by atoms with Crippen molar-refractivity contribution in [2.75, 3.05) is 7.11 Å². The van der Waals surface area contributed by atoms with Crippen molar-refractivity contribution < 1.29 is 33.0 Å². The minimum absolute atomic E-state index is 0.418. The number of nitrogens with two attached hydrogens (primary N) is 1. The molecule has 7 nitrogen and oxygen atoms in total. The van der Waals surface area contributed by atoms with Crippen molar-refractivity contribution in [3.63, 3.8) is 0 Å². The Bertz CT molecular complexity index is 520. The van der Waals surface area contributed by atoms with Gasteiger partial charge < -0.3 is 20.7 Å². The highest BCUT2D eigenvalue weighted by molar-refractivity contribution is 5.54. The fourth-order valence-electron chi connectivity index (χ4n) is 1.50. The van der Waals surface area contributed by atoms with Crippen LogP contribution in [0.15, 0.2) is 12.1 Å². The van der Waals surface area contributed by atoms with Gasteiger partial charge in [0.05, 0.1) is 24.1 Å². The van der Waals surface area contributed by atoms with Gasteiger partial charge in [0.15, 0.2) is 17.6 Å². The van der Waals surface area contributed by atoms with Gasteiger partial charge in [0.1, 0.15) is 0 Å². The maximum absolute atomic E-state index is 12.4. The number of aliphatic hydroxyl groups excluding tert-OH is 1. The number of alkyl halides is 3. The van der Waals surface area contributed by atoms with E-state index >= 15 is 0 Å². The standard InChI is InChI=1S/C10H11F3N2O5/c1-20-6-3-4(15(18)19)2-5(8(6)16)7(14)9(17)10(11,12)13/h2-3,7,9,16-17H,14H2,1H3/t7-,9-/m0/s1. The third-order valence-electron chi connectivity index (χ3n) is 2.55. The molecule has 0 fully saturated rings. The van der Waals surface area contributed by atoms with E-state index in [1.165, 1.54) is 0 Å². The number of hydrogen-bond acceptors (Lipinski definition) is 6. The number of phenolic OH excluding ortho intramolecular Hbond substituents is 1. The molecule has 2 atom stereocenters. The molecule has 0 aliphatic carbocycles. The van der Waals surface area contributed by atoms with E-state index in [2.05, 4.69) is 4.74 Å². The molecule has 0 bridgehead atoms. The highest BCUT2D eigenvalue weighted by atomic mass is 19.4. The van der Waals surface area contributed by atoms with Gasteiger partial charge in [-0.15, -0.1) is 0 Å². The van der Waals surface area contributed by atoms with Gasteiger partial charge in [0.25, 0.3) is 5.69 Å². The minimum Gasteiger partial charge on any atom is -0.504 e. The third kappa shape index (κ3) is 3.08. The molecular formula is C10H11F3N2O5. The van der Waals surface area contributed by atoms with E-state index in [1.807, 2.05) is 0 Å². The number of nitrogens with zero attached hydrogens (tertiary/aromatic N) is 1. The van der Waals surface area contributed by atoms with Crippen molar-refractivity contribution in [3.8, 4) is 11.5 Å². The molecule has 0 aromatic heterocycles. The third-order valence-corrected chi connectivity index (χ3v) is 2.55. The molecule has 0 saturated heterocycles. The number of ether oxygens (including phenoxy) is 1.